The van der Waals surface area contributed by atoms with Crippen LogP contribution in [0.25, 0.3) is 10.2 Å². The Kier molecular flexibility index (Phi) is 4.86. The van der Waals surface area contributed by atoms with Crippen molar-refractivity contribution in [3.05, 3.63) is 58.4 Å². The third-order valence-corrected chi connectivity index (χ3v) is 7.48. The molecule has 1 aromatic heterocycles. The van der Waals surface area contributed by atoms with Crippen LogP contribution in [0.3, 0.4) is 0 Å². The standard InChI is InChI=1S/C19H20N2O3S2/c1-12(2)26(23,24)15-8-6-14(7-9-15)18(22)20-19-21(4)16-10-5-13(3)11-17(16)25-19/h5-12H,1-4H3. The molecule has 3 rings (SSSR count). The molecule has 3 aromatic rings. The zero-order chi connectivity index (χ0) is 19.1. The van der Waals surface area contributed by atoms with Crippen molar-refractivity contribution in [1.82, 2.24) is 4.57 Å². The van der Waals surface area contributed by atoms with Crippen molar-refractivity contribution in [3.8, 4) is 0 Å². The maximum Gasteiger partial charge on any atom is 0.279 e. The molecule has 1 amide bonds. The summed E-state index contributed by atoms with van der Waals surface area (Å²) in [6.45, 7) is 5.29. The predicted octanol–water partition coefficient (Wildman–Crippen LogP) is 3.47. The molecule has 0 aliphatic heterocycles. The van der Waals surface area contributed by atoms with Crippen LogP contribution in [0.2, 0.25) is 0 Å². The number of carbonyl (C=O) groups excluding carboxylic acids is 1. The topological polar surface area (TPSA) is 68.5 Å². The molecule has 2 aromatic carbocycles. The van der Waals surface area contributed by atoms with Gasteiger partial charge in [0.15, 0.2) is 14.6 Å². The van der Waals surface area contributed by atoms with E-state index < -0.39 is 21.0 Å². The molecule has 5 nitrogen and oxygen atoms in total. The Bertz CT molecular complexity index is 1150. The number of amides is 1. The first kappa shape index (κ1) is 18.5. The van der Waals surface area contributed by atoms with E-state index in [4.69, 9.17) is 0 Å². The quantitative estimate of drug-likeness (QED) is 0.690. The van der Waals surface area contributed by atoms with Gasteiger partial charge in [-0.3, -0.25) is 4.79 Å². The van der Waals surface area contributed by atoms with E-state index in [0.29, 0.717) is 10.4 Å². The van der Waals surface area contributed by atoms with Crippen LogP contribution in [-0.4, -0.2) is 24.1 Å². The number of hydrogen-bond donors (Lipinski definition) is 0. The van der Waals surface area contributed by atoms with E-state index in [0.717, 1.165) is 15.8 Å². The number of benzene rings is 2. The minimum atomic E-state index is -3.35. The maximum atomic E-state index is 12.5. The normalized spacial score (nSPS) is 12.9. The van der Waals surface area contributed by atoms with E-state index in [2.05, 4.69) is 11.1 Å². The summed E-state index contributed by atoms with van der Waals surface area (Å²) in [7, 11) is -1.48. The number of aromatic nitrogens is 1. The number of nitrogens with zero attached hydrogens (tertiary/aromatic N) is 2. The summed E-state index contributed by atoms with van der Waals surface area (Å²) in [6.07, 6.45) is 0. The maximum absolute atomic E-state index is 12.5. The number of thiazole rings is 1. The first-order valence-electron chi connectivity index (χ1n) is 8.19. The summed E-state index contributed by atoms with van der Waals surface area (Å²) in [5.41, 5.74) is 2.53. The molecule has 0 atom stereocenters. The van der Waals surface area contributed by atoms with Gasteiger partial charge in [-0.15, -0.1) is 0 Å². The lowest BCUT2D eigenvalue weighted by Gasteiger charge is -2.07. The fraction of sp³-hybridized carbons (Fsp3) is 0.263. The molecule has 0 aliphatic rings. The summed E-state index contributed by atoms with van der Waals surface area (Å²) < 4.78 is 27.3. The number of rotatable bonds is 3. The Balaban J connectivity index is 1.98. The van der Waals surface area contributed by atoms with E-state index in [1.165, 1.54) is 35.6 Å². The van der Waals surface area contributed by atoms with Gasteiger partial charge in [-0.1, -0.05) is 17.4 Å². The Hall–Kier alpha value is -2.25. The predicted molar refractivity (Wildman–Crippen MR) is 104 cm³/mol. The average Bonchev–Trinajstić information content (AvgIpc) is 2.89. The monoisotopic (exact) mass is 388 g/mol. The molecule has 26 heavy (non-hydrogen) atoms. The van der Waals surface area contributed by atoms with Gasteiger partial charge in [0.05, 0.1) is 20.4 Å². The van der Waals surface area contributed by atoms with Crippen molar-refractivity contribution in [2.45, 2.75) is 30.9 Å². The summed E-state index contributed by atoms with van der Waals surface area (Å²) in [5.74, 6) is -0.391. The Morgan fingerprint density at radius 2 is 1.77 bits per heavy atom. The summed E-state index contributed by atoms with van der Waals surface area (Å²) >= 11 is 1.45. The van der Waals surface area contributed by atoms with Crippen LogP contribution in [0.5, 0.6) is 0 Å². The van der Waals surface area contributed by atoms with Crippen molar-refractivity contribution >= 4 is 37.3 Å². The van der Waals surface area contributed by atoms with Gasteiger partial charge in [-0.05, 0) is 62.7 Å². The van der Waals surface area contributed by atoms with Crippen LogP contribution in [-0.2, 0) is 16.9 Å². The van der Waals surface area contributed by atoms with Crippen molar-refractivity contribution < 1.29 is 13.2 Å². The van der Waals surface area contributed by atoms with Crippen LogP contribution in [0.1, 0.15) is 29.8 Å². The molecular formula is C19H20N2O3S2. The second kappa shape index (κ2) is 6.81. The Morgan fingerprint density at radius 3 is 2.38 bits per heavy atom. The molecule has 0 saturated carbocycles. The highest BCUT2D eigenvalue weighted by Gasteiger charge is 2.19. The minimum Gasteiger partial charge on any atom is -0.319 e. The number of sulfone groups is 1. The Morgan fingerprint density at radius 1 is 1.12 bits per heavy atom. The van der Waals surface area contributed by atoms with Gasteiger partial charge in [0.25, 0.3) is 5.91 Å². The van der Waals surface area contributed by atoms with Crippen LogP contribution in [0.15, 0.2) is 52.4 Å². The van der Waals surface area contributed by atoms with Gasteiger partial charge in [-0.25, -0.2) is 8.42 Å². The molecule has 0 aliphatic carbocycles. The third kappa shape index (κ3) is 3.37. The minimum absolute atomic E-state index is 0.215. The van der Waals surface area contributed by atoms with E-state index in [1.54, 1.807) is 13.8 Å². The molecule has 0 fully saturated rings. The van der Waals surface area contributed by atoms with Crippen LogP contribution in [0, 0.1) is 6.92 Å². The first-order valence-corrected chi connectivity index (χ1v) is 10.6. The van der Waals surface area contributed by atoms with Crippen molar-refractivity contribution in [2.75, 3.05) is 0 Å². The fourth-order valence-electron chi connectivity index (χ4n) is 2.56. The number of hydrogen-bond acceptors (Lipinski definition) is 4. The van der Waals surface area contributed by atoms with Crippen molar-refractivity contribution in [2.24, 2.45) is 12.0 Å². The lowest BCUT2D eigenvalue weighted by atomic mass is 10.2. The van der Waals surface area contributed by atoms with Crippen LogP contribution >= 0.6 is 11.3 Å². The average molecular weight is 389 g/mol. The number of aryl methyl sites for hydroxylation is 2. The number of carbonyl (C=O) groups is 1. The van der Waals surface area contributed by atoms with Gasteiger partial charge in [-0.2, -0.15) is 4.99 Å². The summed E-state index contributed by atoms with van der Waals surface area (Å²) in [4.78, 5) is 17.5. The van der Waals surface area contributed by atoms with E-state index >= 15 is 0 Å². The molecule has 0 unspecified atom stereocenters. The second-order valence-electron chi connectivity index (χ2n) is 6.45. The van der Waals surface area contributed by atoms with Gasteiger partial charge < -0.3 is 4.57 Å². The van der Waals surface area contributed by atoms with E-state index in [9.17, 15) is 13.2 Å². The van der Waals surface area contributed by atoms with Gasteiger partial charge in [0, 0.05) is 12.6 Å². The van der Waals surface area contributed by atoms with Crippen molar-refractivity contribution in [1.29, 1.82) is 0 Å². The van der Waals surface area contributed by atoms with Crippen molar-refractivity contribution in [3.63, 3.8) is 0 Å². The highest BCUT2D eigenvalue weighted by molar-refractivity contribution is 7.92. The fourth-order valence-corrected chi connectivity index (χ4v) is 4.73. The lowest BCUT2D eigenvalue weighted by molar-refractivity contribution is 0.0998. The highest BCUT2D eigenvalue weighted by Crippen LogP contribution is 2.19. The summed E-state index contributed by atoms with van der Waals surface area (Å²) in [6, 6.07) is 12.1. The molecule has 0 N–H and O–H groups in total. The van der Waals surface area contributed by atoms with Crippen LogP contribution in [0.4, 0.5) is 0 Å². The number of fused-ring (bicyclic) bond motifs is 1. The molecule has 136 valence electrons. The molecule has 0 bridgehead atoms. The van der Waals surface area contributed by atoms with E-state index in [1.807, 2.05) is 30.7 Å². The summed E-state index contributed by atoms with van der Waals surface area (Å²) in [5, 5.41) is -0.505. The lowest BCUT2D eigenvalue weighted by Crippen LogP contribution is -2.15. The van der Waals surface area contributed by atoms with E-state index in [-0.39, 0.29) is 4.90 Å². The second-order valence-corrected chi connectivity index (χ2v) is 9.96. The molecule has 0 spiro atoms. The molecular weight excluding hydrogens is 368 g/mol. The molecule has 0 radical (unpaired) electrons. The first-order chi connectivity index (χ1) is 12.2. The van der Waals surface area contributed by atoms with Gasteiger partial charge >= 0.3 is 0 Å². The van der Waals surface area contributed by atoms with Crippen LogP contribution < -0.4 is 4.80 Å². The largest absolute Gasteiger partial charge is 0.319 e. The van der Waals surface area contributed by atoms with Gasteiger partial charge in [0.1, 0.15) is 0 Å². The third-order valence-electron chi connectivity index (χ3n) is 4.21. The zero-order valence-corrected chi connectivity index (χ0v) is 16.7. The zero-order valence-electron chi connectivity index (χ0n) is 15.1. The highest BCUT2D eigenvalue weighted by atomic mass is 32.2. The SMILES string of the molecule is Cc1ccc2c(c1)sc(=NC(=O)c1ccc(S(=O)(=O)C(C)C)cc1)n2C. The Labute approximate surface area is 156 Å². The molecule has 7 heteroatoms. The molecule has 0 saturated heterocycles. The molecule has 1 heterocycles. The smallest absolute Gasteiger partial charge is 0.279 e. The van der Waals surface area contributed by atoms with Gasteiger partial charge in [0.2, 0.25) is 0 Å².